The molecule has 0 bridgehead atoms. The van der Waals surface area contributed by atoms with Gasteiger partial charge in [-0.2, -0.15) is 0 Å². The van der Waals surface area contributed by atoms with Crippen molar-refractivity contribution in [3.63, 3.8) is 0 Å². The molecule has 1 aromatic carbocycles. The largest absolute Gasteiger partial charge is 0.454 e. The zero-order valence-corrected chi connectivity index (χ0v) is 11.5. The maximum absolute atomic E-state index is 12.2. The van der Waals surface area contributed by atoms with E-state index in [-0.39, 0.29) is 18.6 Å². The number of hydrogen-bond donors (Lipinski definition) is 0. The Hall–Kier alpha value is -1.59. The van der Waals surface area contributed by atoms with Crippen molar-refractivity contribution in [2.75, 3.05) is 34.1 Å². The standard InChI is InChI=1S/C14H19NO4/c1-10(8-17-3)15(2)7-12(16)11-4-5-13-14(6-11)19-9-18-13/h4-6,10H,7-9H2,1-3H3. The molecule has 0 saturated carbocycles. The summed E-state index contributed by atoms with van der Waals surface area (Å²) in [6, 6.07) is 5.47. The van der Waals surface area contributed by atoms with E-state index in [1.54, 1.807) is 25.3 Å². The zero-order valence-electron chi connectivity index (χ0n) is 11.5. The fourth-order valence-electron chi connectivity index (χ4n) is 1.91. The Morgan fingerprint density at radius 2 is 2.16 bits per heavy atom. The molecule has 1 unspecified atom stereocenters. The molecule has 1 heterocycles. The Kier molecular flexibility index (Phi) is 4.39. The van der Waals surface area contributed by atoms with Crippen LogP contribution >= 0.6 is 0 Å². The molecule has 1 aromatic rings. The van der Waals surface area contributed by atoms with E-state index in [1.807, 2.05) is 18.9 Å². The summed E-state index contributed by atoms with van der Waals surface area (Å²) < 4.78 is 15.6. The maximum Gasteiger partial charge on any atom is 0.231 e. The molecule has 2 rings (SSSR count). The third-order valence-corrected chi connectivity index (χ3v) is 3.25. The third kappa shape index (κ3) is 3.24. The molecule has 0 N–H and O–H groups in total. The van der Waals surface area contributed by atoms with Crippen molar-refractivity contribution in [2.45, 2.75) is 13.0 Å². The highest BCUT2D eigenvalue weighted by Crippen LogP contribution is 2.32. The van der Waals surface area contributed by atoms with E-state index in [1.165, 1.54) is 0 Å². The molecule has 0 spiro atoms. The van der Waals surface area contributed by atoms with Gasteiger partial charge < -0.3 is 14.2 Å². The van der Waals surface area contributed by atoms with Crippen molar-refractivity contribution in [1.82, 2.24) is 4.90 Å². The number of ether oxygens (including phenoxy) is 3. The molecule has 0 aromatic heterocycles. The molecule has 0 radical (unpaired) electrons. The van der Waals surface area contributed by atoms with Crippen LogP contribution in [0.2, 0.25) is 0 Å². The van der Waals surface area contributed by atoms with Crippen LogP contribution in [0, 0.1) is 0 Å². The highest BCUT2D eigenvalue weighted by molar-refractivity contribution is 5.98. The fraction of sp³-hybridized carbons (Fsp3) is 0.500. The number of methoxy groups -OCH3 is 1. The average Bonchev–Trinajstić information content (AvgIpc) is 2.85. The lowest BCUT2D eigenvalue weighted by Crippen LogP contribution is -2.36. The van der Waals surface area contributed by atoms with Crippen LogP contribution in [0.3, 0.4) is 0 Å². The molecule has 104 valence electrons. The van der Waals surface area contributed by atoms with Gasteiger partial charge in [0.25, 0.3) is 0 Å². The van der Waals surface area contributed by atoms with Gasteiger partial charge in [0.15, 0.2) is 17.3 Å². The summed E-state index contributed by atoms with van der Waals surface area (Å²) in [5.74, 6) is 1.39. The predicted molar refractivity (Wildman–Crippen MR) is 70.9 cm³/mol. The number of fused-ring (bicyclic) bond motifs is 1. The summed E-state index contributed by atoms with van der Waals surface area (Å²) in [5.41, 5.74) is 0.640. The minimum absolute atomic E-state index is 0.0590. The fourth-order valence-corrected chi connectivity index (χ4v) is 1.91. The monoisotopic (exact) mass is 265 g/mol. The van der Waals surface area contributed by atoms with E-state index >= 15 is 0 Å². The van der Waals surface area contributed by atoms with Gasteiger partial charge in [0, 0.05) is 18.7 Å². The van der Waals surface area contributed by atoms with Crippen LogP contribution in [-0.4, -0.2) is 50.8 Å². The van der Waals surface area contributed by atoms with E-state index in [0.29, 0.717) is 30.2 Å². The van der Waals surface area contributed by atoms with E-state index in [4.69, 9.17) is 14.2 Å². The van der Waals surface area contributed by atoms with Gasteiger partial charge in [0.2, 0.25) is 6.79 Å². The Bertz CT molecular complexity index is 461. The highest BCUT2D eigenvalue weighted by atomic mass is 16.7. The SMILES string of the molecule is COCC(C)N(C)CC(=O)c1ccc2c(c1)OCO2. The number of rotatable bonds is 6. The first-order valence-corrected chi connectivity index (χ1v) is 6.24. The van der Waals surface area contributed by atoms with Crippen molar-refractivity contribution >= 4 is 5.78 Å². The Morgan fingerprint density at radius 1 is 1.42 bits per heavy atom. The lowest BCUT2D eigenvalue weighted by Gasteiger charge is -2.23. The van der Waals surface area contributed by atoms with E-state index < -0.39 is 0 Å². The Balaban J connectivity index is 2.00. The summed E-state index contributed by atoms with van der Waals surface area (Å²) in [5, 5.41) is 0. The number of nitrogens with zero attached hydrogens (tertiary/aromatic N) is 1. The number of ketones is 1. The summed E-state index contributed by atoms with van der Waals surface area (Å²) in [6.45, 7) is 3.20. The van der Waals surface area contributed by atoms with Crippen LogP contribution in [-0.2, 0) is 4.74 Å². The third-order valence-electron chi connectivity index (χ3n) is 3.25. The first-order valence-electron chi connectivity index (χ1n) is 6.24. The van der Waals surface area contributed by atoms with E-state index in [9.17, 15) is 4.79 Å². The Labute approximate surface area is 113 Å². The van der Waals surface area contributed by atoms with Gasteiger partial charge in [0.05, 0.1) is 13.2 Å². The summed E-state index contributed by atoms with van der Waals surface area (Å²) >= 11 is 0. The second-order valence-corrected chi connectivity index (χ2v) is 4.71. The molecule has 1 atom stereocenters. The van der Waals surface area contributed by atoms with E-state index in [0.717, 1.165) is 0 Å². The Morgan fingerprint density at radius 3 is 2.89 bits per heavy atom. The summed E-state index contributed by atoms with van der Waals surface area (Å²) in [4.78, 5) is 14.2. The zero-order chi connectivity index (χ0) is 13.8. The van der Waals surface area contributed by atoms with Gasteiger partial charge in [0.1, 0.15) is 0 Å². The van der Waals surface area contributed by atoms with Gasteiger partial charge in [-0.15, -0.1) is 0 Å². The van der Waals surface area contributed by atoms with Gasteiger partial charge in [-0.05, 0) is 32.2 Å². The lowest BCUT2D eigenvalue weighted by atomic mass is 10.1. The number of hydrogen-bond acceptors (Lipinski definition) is 5. The molecule has 0 amide bonds. The van der Waals surface area contributed by atoms with Crippen molar-refractivity contribution in [3.05, 3.63) is 23.8 Å². The molecule has 1 aliphatic rings. The van der Waals surface area contributed by atoms with Gasteiger partial charge in [-0.25, -0.2) is 0 Å². The number of benzene rings is 1. The molecule has 0 saturated heterocycles. The van der Waals surface area contributed by atoms with Crippen molar-refractivity contribution in [1.29, 1.82) is 0 Å². The first kappa shape index (κ1) is 13.8. The van der Waals surface area contributed by atoms with Crippen LogP contribution < -0.4 is 9.47 Å². The molecular weight excluding hydrogens is 246 g/mol. The van der Waals surface area contributed by atoms with Crippen LogP contribution in [0.15, 0.2) is 18.2 Å². The van der Waals surface area contributed by atoms with Crippen molar-refractivity contribution in [3.8, 4) is 11.5 Å². The molecule has 5 nitrogen and oxygen atoms in total. The molecule has 5 heteroatoms. The first-order chi connectivity index (χ1) is 9.11. The average molecular weight is 265 g/mol. The highest BCUT2D eigenvalue weighted by Gasteiger charge is 2.18. The van der Waals surface area contributed by atoms with Gasteiger partial charge >= 0.3 is 0 Å². The van der Waals surface area contributed by atoms with Crippen LogP contribution in [0.5, 0.6) is 11.5 Å². The molecule has 19 heavy (non-hydrogen) atoms. The van der Waals surface area contributed by atoms with Gasteiger partial charge in [-0.3, -0.25) is 9.69 Å². The molecular formula is C14H19NO4. The summed E-state index contributed by atoms with van der Waals surface area (Å²) in [7, 11) is 3.57. The van der Waals surface area contributed by atoms with Crippen molar-refractivity contribution in [2.24, 2.45) is 0 Å². The predicted octanol–water partition coefficient (Wildman–Crippen LogP) is 1.56. The second-order valence-electron chi connectivity index (χ2n) is 4.71. The number of carbonyl (C=O) groups excluding carboxylic acids is 1. The molecule has 1 aliphatic heterocycles. The van der Waals surface area contributed by atoms with E-state index in [2.05, 4.69) is 0 Å². The normalized spacial score (nSPS) is 14.7. The number of likely N-dealkylation sites (N-methyl/N-ethyl adjacent to an activating group) is 1. The molecule has 0 fully saturated rings. The molecule has 0 aliphatic carbocycles. The maximum atomic E-state index is 12.2. The quantitative estimate of drug-likeness (QED) is 0.731. The van der Waals surface area contributed by atoms with Gasteiger partial charge in [-0.1, -0.05) is 0 Å². The van der Waals surface area contributed by atoms with Crippen molar-refractivity contribution < 1.29 is 19.0 Å². The van der Waals surface area contributed by atoms with Crippen LogP contribution in [0.1, 0.15) is 17.3 Å². The number of Topliss-reactive ketones (excluding diaryl/α,β-unsaturated/α-hetero) is 1. The lowest BCUT2D eigenvalue weighted by molar-refractivity contribution is 0.0841. The smallest absolute Gasteiger partial charge is 0.231 e. The minimum atomic E-state index is 0.0590. The minimum Gasteiger partial charge on any atom is -0.454 e. The number of carbonyl (C=O) groups is 1. The topological polar surface area (TPSA) is 48.0 Å². The van der Waals surface area contributed by atoms with Crippen LogP contribution in [0.4, 0.5) is 0 Å². The second kappa shape index (κ2) is 6.04. The van der Waals surface area contributed by atoms with Crippen LogP contribution in [0.25, 0.3) is 0 Å². The summed E-state index contributed by atoms with van der Waals surface area (Å²) in [6.07, 6.45) is 0.